The number of hydrogen-bond acceptors (Lipinski definition) is 3. The molecule has 0 radical (unpaired) electrons. The fraction of sp³-hybridized carbons (Fsp3) is 0.588. The lowest BCUT2D eigenvalue weighted by Crippen LogP contribution is -2.38. The molecule has 1 fully saturated rings. The van der Waals surface area contributed by atoms with Crippen molar-refractivity contribution in [3.8, 4) is 0 Å². The van der Waals surface area contributed by atoms with Crippen LogP contribution in [0.15, 0.2) is 24.3 Å². The summed E-state index contributed by atoms with van der Waals surface area (Å²) in [6.07, 6.45) is 3.64. The van der Waals surface area contributed by atoms with Crippen LogP contribution in [-0.2, 0) is 11.3 Å². The summed E-state index contributed by atoms with van der Waals surface area (Å²) in [5.41, 5.74) is 2.22. The number of aliphatic hydroxyl groups is 1. The zero-order valence-corrected chi connectivity index (χ0v) is 12.8. The van der Waals surface area contributed by atoms with Gasteiger partial charge in [-0.3, -0.25) is 0 Å². The monoisotopic (exact) mass is 291 g/mol. The van der Waals surface area contributed by atoms with E-state index in [2.05, 4.69) is 13.0 Å². The fourth-order valence-electron chi connectivity index (χ4n) is 2.84. The summed E-state index contributed by atoms with van der Waals surface area (Å²) in [5.74, 6) is 0.424. The van der Waals surface area contributed by atoms with Crippen molar-refractivity contribution < 1.29 is 14.6 Å². The van der Waals surface area contributed by atoms with Gasteiger partial charge in [-0.1, -0.05) is 37.6 Å². The minimum atomic E-state index is -0.183. The third-order valence-corrected chi connectivity index (χ3v) is 4.14. The van der Waals surface area contributed by atoms with Gasteiger partial charge in [-0.2, -0.15) is 0 Å². The van der Waals surface area contributed by atoms with Crippen LogP contribution in [0.4, 0.5) is 4.79 Å². The summed E-state index contributed by atoms with van der Waals surface area (Å²) in [7, 11) is 0. The summed E-state index contributed by atoms with van der Waals surface area (Å²) in [4.78, 5) is 13.7. The Bertz CT molecular complexity index is 453. The Morgan fingerprint density at radius 3 is 2.71 bits per heavy atom. The highest BCUT2D eigenvalue weighted by Gasteiger charge is 2.25. The summed E-state index contributed by atoms with van der Waals surface area (Å²) in [6, 6.07) is 8.03. The second-order valence-corrected chi connectivity index (χ2v) is 5.59. The first-order chi connectivity index (χ1) is 10.3. The van der Waals surface area contributed by atoms with E-state index >= 15 is 0 Å². The van der Waals surface area contributed by atoms with E-state index in [0.717, 1.165) is 44.3 Å². The highest BCUT2D eigenvalue weighted by molar-refractivity contribution is 5.67. The molecule has 1 aromatic carbocycles. The zero-order valence-electron chi connectivity index (χ0n) is 12.8. The number of carbonyl (C=O) groups is 1. The Kier molecular flexibility index (Phi) is 6.05. The quantitative estimate of drug-likeness (QED) is 0.847. The number of carbonyl (C=O) groups excluding carboxylic acids is 1. The summed E-state index contributed by atoms with van der Waals surface area (Å²) in [6.45, 7) is 4.14. The summed E-state index contributed by atoms with van der Waals surface area (Å²) < 4.78 is 5.25. The van der Waals surface area contributed by atoms with Crippen LogP contribution in [0.3, 0.4) is 0 Å². The lowest BCUT2D eigenvalue weighted by atomic mass is 9.87. The molecule has 0 spiro atoms. The zero-order chi connectivity index (χ0) is 15.1. The normalized spacial score (nSPS) is 16.0. The molecule has 1 aliphatic heterocycles. The van der Waals surface area contributed by atoms with Crippen LogP contribution < -0.4 is 0 Å². The molecule has 1 aromatic rings. The van der Waals surface area contributed by atoms with Crippen molar-refractivity contribution in [2.24, 2.45) is 0 Å². The molecule has 21 heavy (non-hydrogen) atoms. The van der Waals surface area contributed by atoms with Crippen LogP contribution >= 0.6 is 0 Å². The van der Waals surface area contributed by atoms with Gasteiger partial charge < -0.3 is 14.7 Å². The predicted octanol–water partition coefficient (Wildman–Crippen LogP) is 3.30. The summed E-state index contributed by atoms with van der Waals surface area (Å²) >= 11 is 0. The molecule has 1 saturated heterocycles. The number of piperidine rings is 1. The molecular formula is C17H25NO3. The van der Waals surface area contributed by atoms with Gasteiger partial charge in [0.05, 0.1) is 13.2 Å². The van der Waals surface area contributed by atoms with Gasteiger partial charge in [0.1, 0.15) is 0 Å². The van der Waals surface area contributed by atoms with Crippen LogP contribution in [-0.4, -0.2) is 35.8 Å². The average molecular weight is 291 g/mol. The maximum Gasteiger partial charge on any atom is 0.409 e. The molecule has 4 nitrogen and oxygen atoms in total. The number of benzene rings is 1. The Labute approximate surface area is 126 Å². The van der Waals surface area contributed by atoms with Crippen molar-refractivity contribution in [3.63, 3.8) is 0 Å². The predicted molar refractivity (Wildman–Crippen MR) is 82.2 cm³/mol. The van der Waals surface area contributed by atoms with Crippen LogP contribution in [0.2, 0.25) is 0 Å². The van der Waals surface area contributed by atoms with Crippen LogP contribution in [0, 0.1) is 0 Å². The van der Waals surface area contributed by atoms with Crippen LogP contribution in [0.1, 0.15) is 49.7 Å². The van der Waals surface area contributed by atoms with Crippen molar-refractivity contribution in [1.29, 1.82) is 0 Å². The van der Waals surface area contributed by atoms with Crippen LogP contribution in [0.5, 0.6) is 0 Å². The minimum Gasteiger partial charge on any atom is -0.449 e. The molecule has 1 amide bonds. The van der Waals surface area contributed by atoms with E-state index in [4.69, 9.17) is 4.74 Å². The largest absolute Gasteiger partial charge is 0.449 e. The number of unbranched alkanes of at least 4 members (excludes halogenated alkanes) is 1. The van der Waals surface area contributed by atoms with Crippen molar-refractivity contribution in [2.45, 2.75) is 45.1 Å². The lowest BCUT2D eigenvalue weighted by Gasteiger charge is -2.32. The number of amides is 1. The molecule has 0 bridgehead atoms. The first kappa shape index (κ1) is 15.8. The van der Waals surface area contributed by atoms with Crippen molar-refractivity contribution in [3.05, 3.63) is 35.4 Å². The molecule has 0 aliphatic carbocycles. The van der Waals surface area contributed by atoms with E-state index in [1.807, 2.05) is 18.2 Å². The third-order valence-electron chi connectivity index (χ3n) is 4.14. The van der Waals surface area contributed by atoms with Crippen molar-refractivity contribution in [1.82, 2.24) is 4.90 Å². The van der Waals surface area contributed by atoms with E-state index in [1.165, 1.54) is 5.56 Å². The van der Waals surface area contributed by atoms with E-state index < -0.39 is 0 Å². The van der Waals surface area contributed by atoms with E-state index in [0.29, 0.717) is 12.5 Å². The first-order valence-corrected chi connectivity index (χ1v) is 7.86. The molecule has 1 aliphatic rings. The SMILES string of the molecule is CCCCOC(=O)N1CCC(c2ccccc2CO)CC1. The van der Waals surface area contributed by atoms with Crippen molar-refractivity contribution >= 4 is 6.09 Å². The van der Waals surface area contributed by atoms with Gasteiger partial charge in [-0.25, -0.2) is 4.79 Å². The molecule has 0 aromatic heterocycles. The number of rotatable bonds is 5. The highest BCUT2D eigenvalue weighted by Crippen LogP contribution is 2.30. The Balaban J connectivity index is 1.87. The molecule has 2 rings (SSSR count). The number of nitrogens with zero attached hydrogens (tertiary/aromatic N) is 1. The smallest absolute Gasteiger partial charge is 0.409 e. The Morgan fingerprint density at radius 1 is 1.33 bits per heavy atom. The van der Waals surface area contributed by atoms with E-state index in [9.17, 15) is 9.90 Å². The molecule has 116 valence electrons. The molecular weight excluding hydrogens is 266 g/mol. The van der Waals surface area contributed by atoms with Gasteiger partial charge in [0, 0.05) is 13.1 Å². The molecule has 1 N–H and O–H groups in total. The standard InChI is InChI=1S/C17H25NO3/c1-2-3-12-21-17(20)18-10-8-14(9-11-18)16-7-5-4-6-15(16)13-19/h4-7,14,19H,2-3,8-13H2,1H3. The maximum absolute atomic E-state index is 11.9. The Morgan fingerprint density at radius 2 is 2.05 bits per heavy atom. The van der Waals surface area contributed by atoms with Gasteiger partial charge in [0.25, 0.3) is 0 Å². The Hall–Kier alpha value is -1.55. The van der Waals surface area contributed by atoms with Crippen molar-refractivity contribution in [2.75, 3.05) is 19.7 Å². The van der Waals surface area contributed by atoms with Gasteiger partial charge in [0.15, 0.2) is 0 Å². The number of likely N-dealkylation sites (tertiary alicyclic amines) is 1. The van der Waals surface area contributed by atoms with Gasteiger partial charge in [-0.05, 0) is 36.3 Å². The number of ether oxygens (including phenoxy) is 1. The molecule has 1 heterocycles. The fourth-order valence-corrected chi connectivity index (χ4v) is 2.84. The van der Waals surface area contributed by atoms with Gasteiger partial charge in [0.2, 0.25) is 0 Å². The summed E-state index contributed by atoms with van der Waals surface area (Å²) in [5, 5.41) is 9.43. The maximum atomic E-state index is 11.9. The second-order valence-electron chi connectivity index (χ2n) is 5.59. The third kappa shape index (κ3) is 4.21. The lowest BCUT2D eigenvalue weighted by molar-refractivity contribution is 0.0915. The molecule has 0 atom stereocenters. The van der Waals surface area contributed by atoms with Crippen LogP contribution in [0.25, 0.3) is 0 Å². The van der Waals surface area contributed by atoms with E-state index in [-0.39, 0.29) is 12.7 Å². The second kappa shape index (κ2) is 8.03. The molecule has 4 heteroatoms. The molecule has 0 saturated carbocycles. The van der Waals surface area contributed by atoms with E-state index in [1.54, 1.807) is 4.90 Å². The van der Waals surface area contributed by atoms with Gasteiger partial charge in [-0.15, -0.1) is 0 Å². The minimum absolute atomic E-state index is 0.0788. The number of hydrogen-bond donors (Lipinski definition) is 1. The molecule has 0 unspecified atom stereocenters. The topological polar surface area (TPSA) is 49.8 Å². The average Bonchev–Trinajstić information content (AvgIpc) is 2.55. The van der Waals surface area contributed by atoms with Gasteiger partial charge >= 0.3 is 6.09 Å². The highest BCUT2D eigenvalue weighted by atomic mass is 16.6. The first-order valence-electron chi connectivity index (χ1n) is 7.86. The number of aliphatic hydroxyl groups excluding tert-OH is 1.